The zero-order valence-corrected chi connectivity index (χ0v) is 17.4. The van der Waals surface area contributed by atoms with Gasteiger partial charge >= 0.3 is 0 Å². The molecule has 2 heterocycles. The first-order valence-corrected chi connectivity index (χ1v) is 10.4. The highest BCUT2D eigenvalue weighted by atomic mass is 19.1. The molecule has 0 saturated carbocycles. The van der Waals surface area contributed by atoms with Gasteiger partial charge in [-0.25, -0.2) is 9.37 Å². The highest BCUT2D eigenvalue weighted by molar-refractivity contribution is 6.16. The van der Waals surface area contributed by atoms with Crippen LogP contribution in [0.15, 0.2) is 84.1 Å². The topological polar surface area (TPSA) is 39.4 Å². The van der Waals surface area contributed by atoms with Crippen LogP contribution in [0.1, 0.15) is 36.7 Å². The third-order valence-corrected chi connectivity index (χ3v) is 5.52. The van der Waals surface area contributed by atoms with Gasteiger partial charge in [-0.2, -0.15) is 0 Å². The van der Waals surface area contributed by atoms with Crippen molar-refractivity contribution in [2.24, 2.45) is 4.99 Å². The summed E-state index contributed by atoms with van der Waals surface area (Å²) in [6, 6.07) is 22.9. The van der Waals surface area contributed by atoms with Crippen molar-refractivity contribution >= 4 is 5.71 Å². The highest BCUT2D eigenvalue weighted by Crippen LogP contribution is 2.37. The average Bonchev–Trinajstić information content (AvgIpc) is 3.17. The molecule has 1 aliphatic rings. The minimum absolute atomic E-state index is 0.258. The number of aliphatic imine (C=N–C) groups is 1. The fraction of sp³-hybridized carbons (Fsp3) is 0.154. The fourth-order valence-electron chi connectivity index (χ4n) is 4.10. The number of benzene rings is 3. The molecular formula is C26H22FN3O. The molecule has 154 valence electrons. The number of ether oxygens (including phenoxy) is 1. The van der Waals surface area contributed by atoms with Crippen LogP contribution in [-0.2, 0) is 0 Å². The monoisotopic (exact) mass is 411 g/mol. The predicted octanol–water partition coefficient (Wildman–Crippen LogP) is 5.99. The van der Waals surface area contributed by atoms with E-state index in [2.05, 4.69) is 29.2 Å². The molecule has 4 nitrogen and oxygen atoms in total. The van der Waals surface area contributed by atoms with Crippen molar-refractivity contribution in [3.8, 4) is 22.7 Å². The number of halogens is 1. The first kappa shape index (κ1) is 19.2. The fourth-order valence-corrected chi connectivity index (χ4v) is 4.10. The normalized spacial score (nSPS) is 14.9. The largest absolute Gasteiger partial charge is 0.477 e. The maximum atomic E-state index is 14.9. The Morgan fingerprint density at radius 1 is 0.935 bits per heavy atom. The van der Waals surface area contributed by atoms with Crippen molar-refractivity contribution in [3.63, 3.8) is 0 Å². The van der Waals surface area contributed by atoms with Gasteiger partial charge in [0.1, 0.15) is 17.8 Å². The van der Waals surface area contributed by atoms with Crippen LogP contribution >= 0.6 is 0 Å². The number of hydrogen-bond donors (Lipinski definition) is 0. The SMILES string of the molecule is CCOc1ncn2c1[C@@H](C)N=C(c1ccccc1F)c1cc(-c3ccccc3)ccc1-2. The van der Waals surface area contributed by atoms with Gasteiger partial charge in [0, 0.05) is 11.1 Å². The molecule has 0 saturated heterocycles. The van der Waals surface area contributed by atoms with Crippen LogP contribution in [0.4, 0.5) is 4.39 Å². The number of hydrogen-bond acceptors (Lipinski definition) is 3. The minimum atomic E-state index is -0.292. The van der Waals surface area contributed by atoms with E-state index in [0.717, 1.165) is 28.1 Å². The van der Waals surface area contributed by atoms with Crippen molar-refractivity contribution < 1.29 is 9.13 Å². The Morgan fingerprint density at radius 3 is 2.48 bits per heavy atom. The molecule has 1 aliphatic heterocycles. The smallest absolute Gasteiger partial charge is 0.237 e. The van der Waals surface area contributed by atoms with Gasteiger partial charge in [0.15, 0.2) is 0 Å². The molecule has 5 rings (SSSR count). The number of nitrogens with zero attached hydrogens (tertiary/aromatic N) is 3. The Hall–Kier alpha value is -3.73. The number of fused-ring (bicyclic) bond motifs is 3. The van der Waals surface area contributed by atoms with Crippen LogP contribution in [0, 0.1) is 5.82 Å². The summed E-state index contributed by atoms with van der Waals surface area (Å²) >= 11 is 0. The lowest BCUT2D eigenvalue weighted by atomic mass is 9.95. The Labute approximate surface area is 180 Å². The summed E-state index contributed by atoms with van der Waals surface area (Å²) in [4.78, 5) is 9.45. The summed E-state index contributed by atoms with van der Waals surface area (Å²) < 4.78 is 22.7. The molecule has 0 unspecified atom stereocenters. The number of imidazole rings is 1. The van der Waals surface area contributed by atoms with Crippen LogP contribution < -0.4 is 4.74 Å². The number of rotatable bonds is 4. The zero-order chi connectivity index (χ0) is 21.4. The molecule has 1 atom stereocenters. The molecule has 0 aliphatic carbocycles. The second-order valence-electron chi connectivity index (χ2n) is 7.47. The van der Waals surface area contributed by atoms with Gasteiger partial charge in [-0.1, -0.05) is 48.5 Å². The average molecular weight is 411 g/mol. The summed E-state index contributed by atoms with van der Waals surface area (Å²) in [5.41, 5.74) is 5.88. The van der Waals surface area contributed by atoms with Crippen molar-refractivity contribution in [1.29, 1.82) is 0 Å². The van der Waals surface area contributed by atoms with E-state index in [1.807, 2.05) is 48.7 Å². The molecule has 0 amide bonds. The van der Waals surface area contributed by atoms with Gasteiger partial charge in [-0.15, -0.1) is 0 Å². The van der Waals surface area contributed by atoms with Crippen LogP contribution in [0.25, 0.3) is 16.8 Å². The highest BCUT2D eigenvalue weighted by Gasteiger charge is 2.28. The molecule has 4 aromatic rings. The summed E-state index contributed by atoms with van der Waals surface area (Å²) in [7, 11) is 0. The number of aromatic nitrogens is 2. The molecule has 5 heteroatoms. The maximum Gasteiger partial charge on any atom is 0.237 e. The van der Waals surface area contributed by atoms with Gasteiger partial charge < -0.3 is 4.74 Å². The maximum absolute atomic E-state index is 14.9. The molecule has 3 aromatic carbocycles. The summed E-state index contributed by atoms with van der Waals surface area (Å²) in [6.07, 6.45) is 1.76. The van der Waals surface area contributed by atoms with Crippen molar-refractivity contribution in [1.82, 2.24) is 9.55 Å². The summed E-state index contributed by atoms with van der Waals surface area (Å²) in [6.45, 7) is 4.43. The molecule has 0 radical (unpaired) electrons. The van der Waals surface area contributed by atoms with Crippen LogP contribution in [0.2, 0.25) is 0 Å². The van der Waals surface area contributed by atoms with E-state index in [9.17, 15) is 4.39 Å². The molecular weight excluding hydrogens is 389 g/mol. The van der Waals surface area contributed by atoms with E-state index < -0.39 is 0 Å². The Balaban J connectivity index is 1.79. The van der Waals surface area contributed by atoms with Gasteiger partial charge in [0.2, 0.25) is 5.88 Å². The first-order chi connectivity index (χ1) is 15.2. The Kier molecular flexibility index (Phi) is 4.86. The van der Waals surface area contributed by atoms with Gasteiger partial charge in [0.05, 0.1) is 24.0 Å². The second kappa shape index (κ2) is 7.84. The molecule has 0 fully saturated rings. The third-order valence-electron chi connectivity index (χ3n) is 5.52. The molecule has 1 aromatic heterocycles. The van der Waals surface area contributed by atoms with Crippen molar-refractivity contribution in [2.45, 2.75) is 19.9 Å². The van der Waals surface area contributed by atoms with E-state index >= 15 is 0 Å². The molecule has 0 spiro atoms. The predicted molar refractivity (Wildman–Crippen MR) is 121 cm³/mol. The minimum Gasteiger partial charge on any atom is -0.477 e. The van der Waals surface area contributed by atoms with Crippen molar-refractivity contribution in [2.75, 3.05) is 6.61 Å². The lowest BCUT2D eigenvalue weighted by Gasteiger charge is -2.14. The summed E-state index contributed by atoms with van der Waals surface area (Å²) in [5.74, 6) is 0.269. The van der Waals surface area contributed by atoms with Crippen LogP contribution in [-0.4, -0.2) is 21.9 Å². The van der Waals surface area contributed by atoms with E-state index in [1.165, 1.54) is 6.07 Å². The Bertz CT molecular complexity index is 1280. The van der Waals surface area contributed by atoms with E-state index in [4.69, 9.17) is 9.73 Å². The van der Waals surface area contributed by atoms with Crippen molar-refractivity contribution in [3.05, 3.63) is 102 Å². The third kappa shape index (κ3) is 3.32. The lowest BCUT2D eigenvalue weighted by Crippen LogP contribution is -2.09. The van der Waals surface area contributed by atoms with Crippen LogP contribution in [0.3, 0.4) is 0 Å². The Morgan fingerprint density at radius 2 is 1.71 bits per heavy atom. The molecule has 31 heavy (non-hydrogen) atoms. The lowest BCUT2D eigenvalue weighted by molar-refractivity contribution is 0.322. The van der Waals surface area contributed by atoms with Gasteiger partial charge in [-0.3, -0.25) is 9.56 Å². The molecule has 0 N–H and O–H groups in total. The molecule has 0 bridgehead atoms. The van der Waals surface area contributed by atoms with Gasteiger partial charge in [-0.05, 0) is 49.2 Å². The van der Waals surface area contributed by atoms with E-state index in [1.54, 1.807) is 18.5 Å². The quantitative estimate of drug-likeness (QED) is 0.414. The van der Waals surface area contributed by atoms with E-state index in [-0.39, 0.29) is 11.9 Å². The zero-order valence-electron chi connectivity index (χ0n) is 17.4. The first-order valence-electron chi connectivity index (χ1n) is 10.4. The van der Waals surface area contributed by atoms with Gasteiger partial charge in [0.25, 0.3) is 0 Å². The van der Waals surface area contributed by atoms with E-state index in [0.29, 0.717) is 23.8 Å². The second-order valence-corrected chi connectivity index (χ2v) is 7.47. The van der Waals surface area contributed by atoms with Crippen LogP contribution in [0.5, 0.6) is 5.88 Å². The standard InChI is InChI=1S/C26H22FN3O/c1-3-31-26-25-17(2)29-24(20-11-7-8-12-22(20)27)21-15-19(18-9-5-4-6-10-18)13-14-23(21)30(25)16-28-26/h4-17H,3H2,1-2H3/t17-/m1/s1. The summed E-state index contributed by atoms with van der Waals surface area (Å²) in [5, 5.41) is 0.